The number of hydrogen-bond donors (Lipinski definition) is 13. The number of primary amides is 1. The molecule has 2 aromatic heterocycles. The highest BCUT2D eigenvalue weighted by atomic mass is 16.4. The van der Waals surface area contributed by atoms with E-state index < -0.39 is 144 Å². The number of aliphatic hydroxyl groups excluding tert-OH is 1. The summed E-state index contributed by atoms with van der Waals surface area (Å²) in [7, 11) is 0. The van der Waals surface area contributed by atoms with Crippen LogP contribution in [0, 0.1) is 17.8 Å². The van der Waals surface area contributed by atoms with Gasteiger partial charge in [0.15, 0.2) is 0 Å². The fraction of sp³-hybridized carbons (Fsp3) is 0.541. The van der Waals surface area contributed by atoms with E-state index in [4.69, 9.17) is 11.5 Å². The summed E-state index contributed by atoms with van der Waals surface area (Å²) in [6.45, 7) is 11.7. The third kappa shape index (κ3) is 18.2. The number of aromatic nitrogens is 3. The van der Waals surface area contributed by atoms with Crippen LogP contribution >= 0.6 is 0 Å². The predicted molar refractivity (Wildman–Crippen MR) is 322 cm³/mol. The maximum absolute atomic E-state index is 14.9. The van der Waals surface area contributed by atoms with Gasteiger partial charge in [-0.3, -0.25) is 47.9 Å². The van der Waals surface area contributed by atoms with E-state index in [1.165, 1.54) is 29.2 Å². The SMILES string of the molecule is CC[C@H](C)[C@H](NC(=O)[C@@H](N)C(C)C)C(=O)N[C@@H](Cc1ccccc1)C(=O)N[C@@H](Cc1cnc[nH]1)C(=O)N1CCC[C@H]1C(=O)N[C@H](C(=O)N[C@@H](CCC(N)=O)C(=O)N1CCC[C@H]1C(=O)N[C@@H](Cc1c[nH]c2ccccc12)C(=O)N[C@H](C(=O)O)C(C)C)[C@@H](C)O. The van der Waals surface area contributed by atoms with Crippen LogP contribution in [0.1, 0.15) is 110 Å². The third-order valence-electron chi connectivity index (χ3n) is 16.3. The number of carboxylic acids is 1. The number of carboxylic acid groups (broad SMARTS) is 1. The first kappa shape index (κ1) is 68.4. The second-order valence-corrected chi connectivity index (χ2v) is 23.6. The summed E-state index contributed by atoms with van der Waals surface area (Å²) in [6.07, 6.45) is 3.17. The number of carbonyl (C=O) groups excluding carboxylic acids is 10. The Morgan fingerprint density at radius 3 is 1.76 bits per heavy atom. The lowest BCUT2D eigenvalue weighted by Crippen LogP contribution is -2.62. The van der Waals surface area contributed by atoms with Gasteiger partial charge < -0.3 is 78.7 Å². The zero-order valence-corrected chi connectivity index (χ0v) is 50.9. The van der Waals surface area contributed by atoms with E-state index in [-0.39, 0.29) is 63.5 Å². The number of aliphatic hydroxyl groups is 1. The van der Waals surface area contributed by atoms with Crippen molar-refractivity contribution in [1.82, 2.24) is 62.0 Å². The minimum atomic E-state index is -1.76. The highest BCUT2D eigenvalue weighted by Crippen LogP contribution is 2.24. The lowest BCUT2D eigenvalue weighted by atomic mass is 9.96. The van der Waals surface area contributed by atoms with Crippen LogP contribution in [0.25, 0.3) is 10.9 Å². The molecule has 2 aliphatic heterocycles. The third-order valence-corrected chi connectivity index (χ3v) is 16.3. The highest BCUT2D eigenvalue weighted by molar-refractivity contribution is 5.99. The molecule has 2 aromatic carbocycles. The molecule has 27 nitrogen and oxygen atoms in total. The molecule has 0 saturated carbocycles. The van der Waals surface area contributed by atoms with Crippen LogP contribution in [0.15, 0.2) is 73.3 Å². The molecule has 0 spiro atoms. The smallest absolute Gasteiger partial charge is 0.326 e. The van der Waals surface area contributed by atoms with Gasteiger partial charge in [0.25, 0.3) is 0 Å². The van der Waals surface area contributed by atoms with Crippen LogP contribution in [-0.2, 0) is 72.0 Å². The molecule has 2 fully saturated rings. The van der Waals surface area contributed by atoms with Gasteiger partial charge in [0, 0.05) is 67.8 Å². The summed E-state index contributed by atoms with van der Waals surface area (Å²) in [4.78, 5) is 165. The number of nitrogens with zero attached hydrogens (tertiary/aromatic N) is 3. The van der Waals surface area contributed by atoms with Gasteiger partial charge in [-0.1, -0.05) is 96.5 Å². The molecule has 4 heterocycles. The topological polar surface area (TPSA) is 415 Å². The zero-order chi connectivity index (χ0) is 64.5. The van der Waals surface area contributed by atoms with E-state index in [1.54, 1.807) is 77.2 Å². The molecule has 0 unspecified atom stereocenters. The fourth-order valence-corrected chi connectivity index (χ4v) is 10.9. The largest absolute Gasteiger partial charge is 0.480 e. The number of aliphatic carboxylic acids is 1. The van der Waals surface area contributed by atoms with Crippen LogP contribution in [0.2, 0.25) is 0 Å². The Balaban J connectivity index is 1.19. The van der Waals surface area contributed by atoms with Gasteiger partial charge >= 0.3 is 5.97 Å². The van der Waals surface area contributed by atoms with E-state index in [0.29, 0.717) is 36.1 Å². The number of rotatable bonds is 31. The molecular formula is C61H86N14O13. The van der Waals surface area contributed by atoms with Crippen molar-refractivity contribution in [2.24, 2.45) is 29.2 Å². The average Bonchev–Trinajstić information content (AvgIpc) is 2.10. The first-order chi connectivity index (χ1) is 41.8. The van der Waals surface area contributed by atoms with Crippen LogP contribution in [0.4, 0.5) is 0 Å². The van der Waals surface area contributed by atoms with Crippen molar-refractivity contribution in [3.63, 3.8) is 0 Å². The van der Waals surface area contributed by atoms with E-state index in [0.717, 1.165) is 10.9 Å². The number of imidazole rings is 1. The number of hydrogen-bond acceptors (Lipinski definition) is 14. The van der Waals surface area contributed by atoms with E-state index >= 15 is 0 Å². The number of carbonyl (C=O) groups is 11. The van der Waals surface area contributed by atoms with Crippen LogP contribution in [0.3, 0.4) is 0 Å². The maximum Gasteiger partial charge on any atom is 0.326 e. The van der Waals surface area contributed by atoms with Gasteiger partial charge in [0.2, 0.25) is 59.1 Å². The minimum absolute atomic E-state index is 0.00631. The summed E-state index contributed by atoms with van der Waals surface area (Å²) in [6, 6.07) is 3.06. The Labute approximate surface area is 510 Å². The second kappa shape index (κ2) is 31.8. The molecule has 88 heavy (non-hydrogen) atoms. The number of benzene rings is 2. The van der Waals surface area contributed by atoms with Crippen molar-refractivity contribution in [1.29, 1.82) is 0 Å². The molecule has 478 valence electrons. The van der Waals surface area contributed by atoms with Gasteiger partial charge in [0.05, 0.1) is 18.5 Å². The van der Waals surface area contributed by atoms with Crippen LogP contribution in [-0.4, -0.2) is 180 Å². The molecule has 6 rings (SSSR count). The lowest BCUT2D eigenvalue weighted by Gasteiger charge is -2.32. The van der Waals surface area contributed by atoms with Crippen LogP contribution in [0.5, 0.6) is 0 Å². The molecule has 4 aromatic rings. The molecule has 2 saturated heterocycles. The first-order valence-corrected chi connectivity index (χ1v) is 30.0. The molecule has 10 amide bonds. The summed E-state index contributed by atoms with van der Waals surface area (Å²) in [5.41, 5.74) is 14.2. The fourth-order valence-electron chi connectivity index (χ4n) is 10.9. The molecule has 27 heteroatoms. The Morgan fingerprint density at radius 1 is 0.625 bits per heavy atom. The second-order valence-electron chi connectivity index (χ2n) is 23.6. The van der Waals surface area contributed by atoms with Gasteiger partial charge in [-0.15, -0.1) is 0 Å². The molecule has 0 aliphatic carbocycles. The van der Waals surface area contributed by atoms with Crippen molar-refractivity contribution in [3.05, 3.63) is 90.1 Å². The Bertz CT molecular complexity index is 3100. The number of likely N-dealkylation sites (tertiary alicyclic amines) is 2. The number of nitrogens with one attached hydrogen (secondary N) is 9. The number of aromatic amines is 2. The first-order valence-electron chi connectivity index (χ1n) is 30.0. The summed E-state index contributed by atoms with van der Waals surface area (Å²) in [5, 5.41) is 40.5. The predicted octanol–water partition coefficient (Wildman–Crippen LogP) is -0.289. The lowest BCUT2D eigenvalue weighted by molar-refractivity contribution is -0.145. The van der Waals surface area contributed by atoms with Gasteiger partial charge in [-0.25, -0.2) is 9.78 Å². The van der Waals surface area contributed by atoms with Crippen LogP contribution < -0.4 is 48.7 Å². The molecule has 0 bridgehead atoms. The van der Waals surface area contributed by atoms with Crippen molar-refractivity contribution in [2.75, 3.05) is 13.1 Å². The summed E-state index contributed by atoms with van der Waals surface area (Å²) >= 11 is 0. The number of nitrogens with two attached hydrogens (primary N) is 2. The quantitative estimate of drug-likeness (QED) is 0.0308. The molecule has 15 N–H and O–H groups in total. The van der Waals surface area contributed by atoms with Crippen molar-refractivity contribution >= 4 is 75.9 Å². The standard InChI is InChI=1S/C61H86N14O13/c1-8-34(6)50(72-56(82)48(63)32(2)3)57(83)69-42(26-36-16-10-9-11-17-36)52(78)70-44(28-38-30-64-31-66-38)60(86)75-25-15-21-46(75)55(81)73-51(35(7)76)58(84)67-41(22-23-47(62)77)59(85)74-24-14-20-45(74)54(80)68-43(53(79)71-49(33(4)5)61(87)88)27-37-29-65-40-19-13-12-18-39(37)40/h9-13,16-19,29-35,41-46,48-51,65,76H,8,14-15,20-28,63H2,1-7H3,(H2,62,77)(H,64,66)(H,67,84)(H,68,80)(H,69,83)(H,70,78)(H,71,79)(H,72,82)(H,73,81)(H,87,88)/t34-,35+,41-,42-,43-,44-,45-,46-,48-,49-,50-,51-/m0/s1. The molecular weight excluding hydrogens is 1140 g/mol. The Kier molecular flexibility index (Phi) is 24.7. The van der Waals surface area contributed by atoms with Crippen molar-refractivity contribution < 1.29 is 63.0 Å². The van der Waals surface area contributed by atoms with E-state index in [2.05, 4.69) is 52.2 Å². The maximum atomic E-state index is 14.9. The minimum Gasteiger partial charge on any atom is -0.480 e. The van der Waals surface area contributed by atoms with E-state index in [1.807, 2.05) is 25.1 Å². The molecule has 0 radical (unpaired) electrons. The normalized spacial score (nSPS) is 18.4. The molecule has 12 atom stereocenters. The Hall–Kier alpha value is -8.72. The summed E-state index contributed by atoms with van der Waals surface area (Å²) in [5.74, 6) is -10.2. The van der Waals surface area contributed by atoms with Gasteiger partial charge in [-0.05, 0) is 74.0 Å². The molecule has 2 aliphatic rings. The number of para-hydroxylation sites is 1. The van der Waals surface area contributed by atoms with Gasteiger partial charge in [-0.2, -0.15) is 0 Å². The number of amides is 10. The number of fused-ring (bicyclic) bond motifs is 1. The number of H-pyrrole nitrogens is 2. The average molecular weight is 1220 g/mol. The monoisotopic (exact) mass is 1220 g/mol. The summed E-state index contributed by atoms with van der Waals surface area (Å²) < 4.78 is 0. The highest BCUT2D eigenvalue weighted by Gasteiger charge is 2.44. The van der Waals surface area contributed by atoms with E-state index in [9.17, 15) is 63.0 Å². The van der Waals surface area contributed by atoms with Crippen molar-refractivity contribution in [2.45, 2.75) is 179 Å². The Morgan fingerprint density at radius 2 is 1.18 bits per heavy atom. The zero-order valence-electron chi connectivity index (χ0n) is 50.9. The van der Waals surface area contributed by atoms with Gasteiger partial charge in [0.1, 0.15) is 54.4 Å². The van der Waals surface area contributed by atoms with Crippen molar-refractivity contribution in [3.8, 4) is 0 Å².